The lowest BCUT2D eigenvalue weighted by Gasteiger charge is -2.32. The number of fused-ring (bicyclic) bond motifs is 1. The van der Waals surface area contributed by atoms with Gasteiger partial charge in [0.2, 0.25) is 11.8 Å². The van der Waals surface area contributed by atoms with E-state index in [9.17, 15) is 14.7 Å². The summed E-state index contributed by atoms with van der Waals surface area (Å²) in [6.07, 6.45) is 1.92. The van der Waals surface area contributed by atoms with Gasteiger partial charge in [-0.3, -0.25) is 14.5 Å². The molecule has 2 aliphatic rings. The van der Waals surface area contributed by atoms with Crippen LogP contribution in [-0.4, -0.2) is 83.7 Å². The Bertz CT molecular complexity index is 1040. The highest BCUT2D eigenvalue weighted by atomic mass is 16.5. The van der Waals surface area contributed by atoms with Gasteiger partial charge in [0.25, 0.3) is 5.91 Å². The number of aliphatic hydroxyl groups excluding tert-OH is 1. The molecule has 2 aromatic rings. The molecule has 1 atom stereocenters. The number of methoxy groups -OCH3 is 1. The van der Waals surface area contributed by atoms with Crippen LogP contribution < -0.4 is 15.4 Å². The molecule has 1 fully saturated rings. The Kier molecular flexibility index (Phi) is 8.20. The van der Waals surface area contributed by atoms with Crippen LogP contribution in [0.2, 0.25) is 0 Å². The number of rotatable bonds is 8. The van der Waals surface area contributed by atoms with Gasteiger partial charge in [0.1, 0.15) is 5.82 Å². The molecule has 188 valence electrons. The number of aliphatic hydroxyl groups is 1. The molecule has 1 aromatic heterocycles. The number of hydrogen-bond donors (Lipinski definition) is 3. The molecule has 0 saturated carbocycles. The number of likely N-dealkylation sites (tertiary alicyclic amines) is 1. The third kappa shape index (κ3) is 6.70. The Morgan fingerprint density at radius 2 is 1.91 bits per heavy atom. The quantitative estimate of drug-likeness (QED) is 0.526. The van der Waals surface area contributed by atoms with E-state index in [1.165, 1.54) is 18.2 Å². The number of ether oxygens (including phenoxy) is 1. The first-order valence-corrected chi connectivity index (χ1v) is 12.2. The molecular weight excluding hydrogens is 446 g/mol. The largest absolute Gasteiger partial charge is 0.481 e. The van der Waals surface area contributed by atoms with Gasteiger partial charge in [0.15, 0.2) is 0 Å². The molecule has 4 rings (SSSR count). The SMILES string of the molecule is COc1cc(C(=O)NCC(O)CN2CCc3ccccc3C2)cc(NC2CCN(C(C)=O)CC2)n1. The summed E-state index contributed by atoms with van der Waals surface area (Å²) in [5.74, 6) is 0.703. The van der Waals surface area contributed by atoms with E-state index in [0.29, 0.717) is 36.9 Å². The Morgan fingerprint density at radius 3 is 2.63 bits per heavy atom. The molecule has 9 nitrogen and oxygen atoms in total. The van der Waals surface area contributed by atoms with Gasteiger partial charge in [-0.15, -0.1) is 0 Å². The lowest BCUT2D eigenvalue weighted by molar-refractivity contribution is -0.129. The second-order valence-corrected chi connectivity index (χ2v) is 9.33. The lowest BCUT2D eigenvalue weighted by atomic mass is 10.00. The third-order valence-electron chi connectivity index (χ3n) is 6.74. The summed E-state index contributed by atoms with van der Waals surface area (Å²) in [6.45, 7) is 5.35. The van der Waals surface area contributed by atoms with Crippen molar-refractivity contribution in [2.75, 3.05) is 45.2 Å². The highest BCUT2D eigenvalue weighted by molar-refractivity contribution is 5.95. The van der Waals surface area contributed by atoms with Crippen molar-refractivity contribution in [1.29, 1.82) is 0 Å². The molecule has 3 N–H and O–H groups in total. The molecule has 0 bridgehead atoms. The van der Waals surface area contributed by atoms with Crippen molar-refractivity contribution >= 4 is 17.6 Å². The van der Waals surface area contributed by atoms with Crippen molar-refractivity contribution in [3.63, 3.8) is 0 Å². The molecular formula is C26H35N5O4. The minimum atomic E-state index is -0.669. The summed E-state index contributed by atoms with van der Waals surface area (Å²) in [5, 5.41) is 16.8. The molecule has 0 radical (unpaired) electrons. The summed E-state index contributed by atoms with van der Waals surface area (Å²) < 4.78 is 5.30. The maximum Gasteiger partial charge on any atom is 0.251 e. The van der Waals surface area contributed by atoms with Crippen LogP contribution in [0.5, 0.6) is 5.88 Å². The fourth-order valence-corrected chi connectivity index (χ4v) is 4.75. The monoisotopic (exact) mass is 481 g/mol. The molecule has 1 saturated heterocycles. The van der Waals surface area contributed by atoms with E-state index >= 15 is 0 Å². The number of carbonyl (C=O) groups is 2. The number of aromatic nitrogens is 1. The van der Waals surface area contributed by atoms with Gasteiger partial charge in [-0.25, -0.2) is 0 Å². The molecule has 3 heterocycles. The number of carbonyl (C=O) groups excluding carboxylic acids is 2. The van der Waals surface area contributed by atoms with Gasteiger partial charge in [-0.2, -0.15) is 4.98 Å². The zero-order chi connectivity index (χ0) is 24.8. The Morgan fingerprint density at radius 1 is 1.17 bits per heavy atom. The molecule has 35 heavy (non-hydrogen) atoms. The topological polar surface area (TPSA) is 107 Å². The van der Waals surface area contributed by atoms with Crippen LogP contribution in [0, 0.1) is 0 Å². The number of anilines is 1. The van der Waals surface area contributed by atoms with E-state index in [2.05, 4.69) is 38.7 Å². The van der Waals surface area contributed by atoms with Crippen molar-refractivity contribution < 1.29 is 19.4 Å². The second kappa shape index (κ2) is 11.5. The van der Waals surface area contributed by atoms with Gasteiger partial charge in [-0.05, 0) is 36.5 Å². The summed E-state index contributed by atoms with van der Waals surface area (Å²) in [4.78, 5) is 32.9. The summed E-state index contributed by atoms with van der Waals surface area (Å²) in [5.41, 5.74) is 3.08. The zero-order valence-electron chi connectivity index (χ0n) is 20.5. The fraction of sp³-hybridized carbons (Fsp3) is 0.500. The number of benzene rings is 1. The van der Waals surface area contributed by atoms with Crippen LogP contribution in [-0.2, 0) is 17.8 Å². The van der Waals surface area contributed by atoms with Crippen LogP contribution in [0.15, 0.2) is 36.4 Å². The van der Waals surface area contributed by atoms with Crippen LogP contribution in [0.4, 0.5) is 5.82 Å². The second-order valence-electron chi connectivity index (χ2n) is 9.33. The van der Waals surface area contributed by atoms with Gasteiger partial charge < -0.3 is 25.4 Å². The van der Waals surface area contributed by atoms with Crippen molar-refractivity contribution in [3.8, 4) is 5.88 Å². The van der Waals surface area contributed by atoms with E-state index in [-0.39, 0.29) is 24.4 Å². The molecule has 1 unspecified atom stereocenters. The Balaban J connectivity index is 1.29. The van der Waals surface area contributed by atoms with Crippen LogP contribution in [0.3, 0.4) is 0 Å². The Labute approximate surface area is 206 Å². The molecule has 0 spiro atoms. The highest BCUT2D eigenvalue weighted by Gasteiger charge is 2.22. The van der Waals surface area contributed by atoms with E-state index in [1.807, 2.05) is 11.0 Å². The standard InChI is InChI=1S/C26H35N5O4/c1-18(32)31-11-8-22(9-12-31)28-24-13-21(14-25(29-24)35-2)26(34)27-15-23(33)17-30-10-7-19-5-3-4-6-20(19)16-30/h3-6,13-14,22-23,33H,7-12,15-17H2,1-2H3,(H,27,34)(H,28,29). The van der Waals surface area contributed by atoms with E-state index < -0.39 is 6.10 Å². The van der Waals surface area contributed by atoms with Crippen LogP contribution >= 0.6 is 0 Å². The number of piperidine rings is 1. The lowest BCUT2D eigenvalue weighted by Crippen LogP contribution is -2.42. The van der Waals surface area contributed by atoms with E-state index in [4.69, 9.17) is 4.74 Å². The maximum atomic E-state index is 12.8. The average molecular weight is 482 g/mol. The first-order valence-electron chi connectivity index (χ1n) is 12.2. The molecule has 9 heteroatoms. The predicted molar refractivity (Wildman–Crippen MR) is 133 cm³/mol. The number of nitrogens with one attached hydrogen (secondary N) is 2. The maximum absolute atomic E-state index is 12.8. The summed E-state index contributed by atoms with van der Waals surface area (Å²) >= 11 is 0. The smallest absolute Gasteiger partial charge is 0.251 e. The number of hydrogen-bond acceptors (Lipinski definition) is 7. The zero-order valence-corrected chi connectivity index (χ0v) is 20.5. The number of amides is 2. The average Bonchev–Trinajstić information content (AvgIpc) is 2.87. The fourth-order valence-electron chi connectivity index (χ4n) is 4.75. The summed E-state index contributed by atoms with van der Waals surface area (Å²) in [6, 6.07) is 11.8. The molecule has 2 aliphatic heterocycles. The minimum Gasteiger partial charge on any atom is -0.481 e. The molecule has 1 aromatic carbocycles. The first-order chi connectivity index (χ1) is 16.9. The van der Waals surface area contributed by atoms with Crippen LogP contribution in [0.1, 0.15) is 41.3 Å². The van der Waals surface area contributed by atoms with Crippen molar-refractivity contribution in [2.45, 2.75) is 44.9 Å². The minimum absolute atomic E-state index is 0.0919. The van der Waals surface area contributed by atoms with E-state index in [0.717, 1.165) is 32.4 Å². The van der Waals surface area contributed by atoms with E-state index in [1.54, 1.807) is 19.1 Å². The molecule has 2 amide bonds. The van der Waals surface area contributed by atoms with Gasteiger partial charge in [0.05, 0.1) is 13.2 Å². The van der Waals surface area contributed by atoms with Crippen molar-refractivity contribution in [1.82, 2.24) is 20.1 Å². The number of β-amino-alcohol motifs (C(OH)–C–C–N with tert-alkyl or cyclic N) is 1. The Hall–Kier alpha value is -3.17. The third-order valence-corrected chi connectivity index (χ3v) is 6.74. The summed E-state index contributed by atoms with van der Waals surface area (Å²) in [7, 11) is 1.51. The highest BCUT2D eigenvalue weighted by Crippen LogP contribution is 2.21. The van der Waals surface area contributed by atoms with Gasteiger partial charge in [-0.1, -0.05) is 24.3 Å². The first kappa shape index (κ1) is 24.9. The normalized spacial score (nSPS) is 17.4. The number of pyridine rings is 1. The molecule has 0 aliphatic carbocycles. The predicted octanol–water partition coefficient (Wildman–Crippen LogP) is 1.66. The van der Waals surface area contributed by atoms with Crippen molar-refractivity contribution in [2.24, 2.45) is 0 Å². The number of nitrogens with zero attached hydrogens (tertiary/aromatic N) is 3. The van der Waals surface area contributed by atoms with Crippen LogP contribution in [0.25, 0.3) is 0 Å². The van der Waals surface area contributed by atoms with Crippen molar-refractivity contribution in [3.05, 3.63) is 53.1 Å². The van der Waals surface area contributed by atoms with Gasteiger partial charge in [0, 0.05) is 63.9 Å². The van der Waals surface area contributed by atoms with Gasteiger partial charge >= 0.3 is 0 Å².